The van der Waals surface area contributed by atoms with Crippen molar-refractivity contribution in [2.45, 2.75) is 84.3 Å². The van der Waals surface area contributed by atoms with Gasteiger partial charge in [0, 0.05) is 42.2 Å². The summed E-state index contributed by atoms with van der Waals surface area (Å²) >= 11 is 1.74. The van der Waals surface area contributed by atoms with Crippen LogP contribution in [0.15, 0.2) is 35.7 Å². The zero-order chi connectivity index (χ0) is 26.4. The van der Waals surface area contributed by atoms with Crippen LogP contribution >= 0.6 is 11.3 Å². The highest BCUT2D eigenvalue weighted by Crippen LogP contribution is 2.28. The van der Waals surface area contributed by atoms with E-state index in [1.807, 2.05) is 18.2 Å². The second-order valence-electron chi connectivity index (χ2n) is 10.4. The number of rotatable bonds is 11. The third kappa shape index (κ3) is 6.79. The summed E-state index contributed by atoms with van der Waals surface area (Å²) in [4.78, 5) is 32.7. The topological polar surface area (TPSA) is 85.2 Å². The lowest BCUT2D eigenvalue weighted by molar-refractivity contribution is -0.124. The summed E-state index contributed by atoms with van der Waals surface area (Å²) in [5.41, 5.74) is 2.39. The Morgan fingerprint density at radius 3 is 2.57 bits per heavy atom. The molecule has 8 heteroatoms. The van der Waals surface area contributed by atoms with E-state index in [0.717, 1.165) is 49.0 Å². The molecule has 3 aromatic rings. The maximum atomic E-state index is 13.3. The molecule has 1 saturated heterocycles. The minimum absolute atomic E-state index is 0.0972. The molecule has 4 rings (SSSR count). The van der Waals surface area contributed by atoms with E-state index in [2.05, 4.69) is 60.4 Å². The lowest BCUT2D eigenvalue weighted by Gasteiger charge is -2.27. The molecular weight excluding hydrogens is 484 g/mol. The van der Waals surface area contributed by atoms with Gasteiger partial charge in [-0.15, -0.1) is 11.3 Å². The number of benzene rings is 1. The predicted molar refractivity (Wildman–Crippen MR) is 149 cm³/mol. The number of nitrogens with one attached hydrogen (secondary N) is 2. The fourth-order valence-corrected chi connectivity index (χ4v) is 5.83. The van der Waals surface area contributed by atoms with E-state index in [4.69, 9.17) is 9.72 Å². The number of thiophene rings is 1. The SMILES string of the molecule is CCC(CC)n1c(Cc2cccs2)nc2cc(C(=O)NC(CC(C)C)C(=O)NC3CCOCC3)ccc21. The van der Waals surface area contributed by atoms with Gasteiger partial charge in [0.1, 0.15) is 11.9 Å². The molecule has 1 fully saturated rings. The molecule has 0 bridgehead atoms. The molecule has 1 aliphatic rings. The summed E-state index contributed by atoms with van der Waals surface area (Å²) in [5, 5.41) is 8.22. The molecule has 0 aliphatic carbocycles. The Hall–Kier alpha value is -2.71. The Kier molecular flexibility index (Phi) is 9.38. The molecule has 1 aliphatic heterocycles. The molecule has 3 heterocycles. The van der Waals surface area contributed by atoms with Gasteiger partial charge >= 0.3 is 0 Å². The maximum Gasteiger partial charge on any atom is 0.252 e. The molecule has 2 amide bonds. The highest BCUT2D eigenvalue weighted by Gasteiger charge is 2.26. The number of carbonyl (C=O) groups excluding carboxylic acids is 2. The summed E-state index contributed by atoms with van der Waals surface area (Å²) in [7, 11) is 0. The van der Waals surface area contributed by atoms with Crippen molar-refractivity contribution in [3.05, 3.63) is 52.0 Å². The first kappa shape index (κ1) is 27.3. The lowest BCUT2D eigenvalue weighted by Crippen LogP contribution is -2.51. The van der Waals surface area contributed by atoms with Crippen LogP contribution in [0.25, 0.3) is 11.0 Å². The quantitative estimate of drug-likeness (QED) is 0.347. The van der Waals surface area contributed by atoms with E-state index >= 15 is 0 Å². The van der Waals surface area contributed by atoms with Gasteiger partial charge in [-0.25, -0.2) is 4.98 Å². The molecule has 2 aromatic heterocycles. The molecule has 1 atom stereocenters. The zero-order valence-electron chi connectivity index (χ0n) is 22.5. The lowest BCUT2D eigenvalue weighted by atomic mass is 10.0. The molecule has 37 heavy (non-hydrogen) atoms. The largest absolute Gasteiger partial charge is 0.381 e. The fourth-order valence-electron chi connectivity index (χ4n) is 5.13. The molecule has 1 aromatic carbocycles. The van der Waals surface area contributed by atoms with Crippen LogP contribution < -0.4 is 10.6 Å². The maximum absolute atomic E-state index is 13.3. The Balaban J connectivity index is 1.57. The van der Waals surface area contributed by atoms with Crippen molar-refractivity contribution in [3.8, 4) is 0 Å². The van der Waals surface area contributed by atoms with Crippen LogP contribution in [0, 0.1) is 5.92 Å². The number of aromatic nitrogens is 2. The van der Waals surface area contributed by atoms with E-state index < -0.39 is 6.04 Å². The molecular formula is C29H40N4O3S. The van der Waals surface area contributed by atoms with Gasteiger partial charge in [-0.2, -0.15) is 0 Å². The van der Waals surface area contributed by atoms with Gasteiger partial charge in [-0.3, -0.25) is 9.59 Å². The van der Waals surface area contributed by atoms with Crippen LogP contribution in [0.3, 0.4) is 0 Å². The van der Waals surface area contributed by atoms with Crippen molar-refractivity contribution >= 4 is 34.2 Å². The molecule has 0 radical (unpaired) electrons. The second kappa shape index (κ2) is 12.7. The Bertz CT molecular complexity index is 1180. The second-order valence-corrected chi connectivity index (χ2v) is 11.4. The van der Waals surface area contributed by atoms with Crippen LogP contribution in [0.5, 0.6) is 0 Å². The first-order chi connectivity index (χ1) is 17.9. The number of nitrogens with zero attached hydrogens (tertiary/aromatic N) is 2. The molecule has 1 unspecified atom stereocenters. The standard InChI is InChI=1S/C29H40N4O3S/c1-5-22(6-2)33-26-10-9-20(17-24(26)31-27(33)18-23-8-7-15-37-23)28(34)32-25(16-19(3)4)29(35)30-21-11-13-36-14-12-21/h7-10,15,17,19,21-22,25H,5-6,11-14,16,18H2,1-4H3,(H,30,35)(H,32,34). The van der Waals surface area contributed by atoms with E-state index in [0.29, 0.717) is 31.2 Å². The van der Waals surface area contributed by atoms with Gasteiger partial charge in [0.25, 0.3) is 5.91 Å². The van der Waals surface area contributed by atoms with Crippen molar-refractivity contribution in [2.24, 2.45) is 5.92 Å². The number of imidazole rings is 1. The molecule has 200 valence electrons. The summed E-state index contributed by atoms with van der Waals surface area (Å²) < 4.78 is 7.75. The van der Waals surface area contributed by atoms with Gasteiger partial charge in [-0.05, 0) is 67.7 Å². The monoisotopic (exact) mass is 524 g/mol. The Morgan fingerprint density at radius 1 is 1.16 bits per heavy atom. The van der Waals surface area contributed by atoms with Crippen molar-refractivity contribution in [1.29, 1.82) is 0 Å². The number of fused-ring (bicyclic) bond motifs is 1. The van der Waals surface area contributed by atoms with E-state index in [1.165, 1.54) is 4.88 Å². The van der Waals surface area contributed by atoms with Crippen LogP contribution in [-0.4, -0.2) is 46.7 Å². The minimum atomic E-state index is -0.581. The van der Waals surface area contributed by atoms with Crippen molar-refractivity contribution in [3.63, 3.8) is 0 Å². The van der Waals surface area contributed by atoms with Gasteiger partial charge in [0.15, 0.2) is 0 Å². The average molecular weight is 525 g/mol. The smallest absolute Gasteiger partial charge is 0.252 e. The van der Waals surface area contributed by atoms with E-state index in [-0.39, 0.29) is 23.8 Å². The highest BCUT2D eigenvalue weighted by molar-refractivity contribution is 7.09. The van der Waals surface area contributed by atoms with Crippen molar-refractivity contribution in [1.82, 2.24) is 20.2 Å². The summed E-state index contributed by atoms with van der Waals surface area (Å²) in [6.07, 6.45) is 4.99. The van der Waals surface area contributed by atoms with Crippen molar-refractivity contribution < 1.29 is 14.3 Å². The van der Waals surface area contributed by atoms with E-state index in [1.54, 1.807) is 11.3 Å². The number of carbonyl (C=O) groups is 2. The number of hydrogen-bond acceptors (Lipinski definition) is 5. The first-order valence-electron chi connectivity index (χ1n) is 13.6. The molecule has 7 nitrogen and oxygen atoms in total. The number of ether oxygens (including phenoxy) is 1. The predicted octanol–water partition coefficient (Wildman–Crippen LogP) is 5.49. The number of hydrogen-bond donors (Lipinski definition) is 2. The molecule has 0 saturated carbocycles. The first-order valence-corrected chi connectivity index (χ1v) is 14.5. The average Bonchev–Trinajstić information content (AvgIpc) is 3.52. The van der Waals surface area contributed by atoms with Gasteiger partial charge in [0.2, 0.25) is 5.91 Å². The van der Waals surface area contributed by atoms with Gasteiger partial charge in [0.05, 0.1) is 11.0 Å². The number of amides is 2. The molecule has 0 spiro atoms. The van der Waals surface area contributed by atoms with Crippen molar-refractivity contribution in [2.75, 3.05) is 13.2 Å². The van der Waals surface area contributed by atoms with Crippen LogP contribution in [0.1, 0.15) is 86.9 Å². The van der Waals surface area contributed by atoms with E-state index in [9.17, 15) is 9.59 Å². The summed E-state index contributed by atoms with van der Waals surface area (Å²) in [6.45, 7) is 9.85. The molecule has 2 N–H and O–H groups in total. The fraction of sp³-hybridized carbons (Fsp3) is 0.552. The van der Waals surface area contributed by atoms with Gasteiger partial charge in [-0.1, -0.05) is 33.8 Å². The summed E-state index contributed by atoms with van der Waals surface area (Å²) in [6, 6.07) is 9.80. The minimum Gasteiger partial charge on any atom is -0.381 e. The van der Waals surface area contributed by atoms with Crippen LogP contribution in [-0.2, 0) is 16.0 Å². The third-order valence-corrected chi connectivity index (χ3v) is 8.02. The third-order valence-electron chi connectivity index (χ3n) is 7.14. The van der Waals surface area contributed by atoms with Crippen LogP contribution in [0.2, 0.25) is 0 Å². The summed E-state index contributed by atoms with van der Waals surface area (Å²) in [5.74, 6) is 0.929. The Labute approximate surface area is 224 Å². The normalized spacial score (nSPS) is 15.4. The highest BCUT2D eigenvalue weighted by atomic mass is 32.1. The van der Waals surface area contributed by atoms with Crippen LogP contribution in [0.4, 0.5) is 0 Å². The zero-order valence-corrected chi connectivity index (χ0v) is 23.3. The Morgan fingerprint density at radius 2 is 1.92 bits per heavy atom. The van der Waals surface area contributed by atoms with Gasteiger partial charge < -0.3 is 19.9 Å².